The highest BCUT2D eigenvalue weighted by molar-refractivity contribution is 7.89. The van der Waals surface area contributed by atoms with Gasteiger partial charge in [-0.2, -0.15) is 17.5 Å². The van der Waals surface area contributed by atoms with Crippen molar-refractivity contribution < 1.29 is 35.2 Å². The monoisotopic (exact) mass is 547 g/mol. The Kier molecular flexibility index (Phi) is 6.78. The van der Waals surface area contributed by atoms with E-state index >= 15 is 0 Å². The fourth-order valence-corrected chi connectivity index (χ4v) is 6.16. The van der Waals surface area contributed by atoms with E-state index in [2.05, 4.69) is 9.97 Å². The number of alkyl halides is 3. The highest BCUT2D eigenvalue weighted by Gasteiger charge is 2.40. The van der Waals surface area contributed by atoms with Crippen LogP contribution >= 0.6 is 0 Å². The van der Waals surface area contributed by atoms with Gasteiger partial charge in [-0.15, -0.1) is 0 Å². The Morgan fingerprint density at radius 1 is 1.05 bits per heavy atom. The number of hydrogen-bond donors (Lipinski definition) is 0. The van der Waals surface area contributed by atoms with Gasteiger partial charge in [-0.3, -0.25) is 14.8 Å². The minimum absolute atomic E-state index is 0.0401. The molecule has 1 aliphatic heterocycles. The van der Waals surface area contributed by atoms with Crippen LogP contribution in [0.4, 0.5) is 17.6 Å². The van der Waals surface area contributed by atoms with E-state index in [0.717, 1.165) is 16.6 Å². The normalized spacial score (nSPS) is 16.8. The van der Waals surface area contributed by atoms with E-state index in [4.69, 9.17) is 4.42 Å². The summed E-state index contributed by atoms with van der Waals surface area (Å²) >= 11 is 0. The molecular formula is C26H21F4N3O4S. The predicted molar refractivity (Wildman–Crippen MR) is 129 cm³/mol. The summed E-state index contributed by atoms with van der Waals surface area (Å²) in [6.07, 6.45) is 0.780. The van der Waals surface area contributed by atoms with Crippen molar-refractivity contribution >= 4 is 26.8 Å². The molecule has 1 saturated heterocycles. The van der Waals surface area contributed by atoms with E-state index in [-0.39, 0.29) is 35.8 Å². The average Bonchev–Trinajstić information content (AvgIpc) is 3.55. The number of halogens is 4. The second-order valence-electron chi connectivity index (χ2n) is 9.00. The van der Waals surface area contributed by atoms with E-state index in [1.807, 2.05) is 0 Å². The molecule has 1 aromatic carbocycles. The SMILES string of the molecule is O=C(CCc1cncc(-c2ccc(C(F)(F)F)nc2)c1)C1CCCN1S(=O)(=O)c1cc2cc(F)ccc2o1. The number of nitrogens with zero attached hydrogens (tertiary/aromatic N) is 3. The van der Waals surface area contributed by atoms with Crippen molar-refractivity contribution in [3.8, 4) is 11.1 Å². The van der Waals surface area contributed by atoms with E-state index < -0.39 is 33.8 Å². The second-order valence-corrected chi connectivity index (χ2v) is 10.8. The smallest absolute Gasteiger partial charge is 0.433 e. The molecule has 1 atom stereocenters. The van der Waals surface area contributed by atoms with E-state index in [1.54, 1.807) is 12.3 Å². The predicted octanol–water partition coefficient (Wildman–Crippen LogP) is 5.40. The third kappa shape index (κ3) is 5.18. The van der Waals surface area contributed by atoms with Crippen LogP contribution in [-0.2, 0) is 27.4 Å². The first-order valence-electron chi connectivity index (χ1n) is 11.7. The Labute approximate surface area is 215 Å². The topological polar surface area (TPSA) is 93.4 Å². The lowest BCUT2D eigenvalue weighted by Crippen LogP contribution is -2.40. The van der Waals surface area contributed by atoms with Crippen LogP contribution in [0.2, 0.25) is 0 Å². The van der Waals surface area contributed by atoms with Gasteiger partial charge in [0, 0.05) is 54.1 Å². The van der Waals surface area contributed by atoms with Crippen LogP contribution in [0.1, 0.15) is 30.5 Å². The highest BCUT2D eigenvalue weighted by Crippen LogP contribution is 2.32. The highest BCUT2D eigenvalue weighted by atomic mass is 32.2. The number of pyridine rings is 2. The summed E-state index contributed by atoms with van der Waals surface area (Å²) < 4.78 is 85.0. The number of ketones is 1. The molecular weight excluding hydrogens is 526 g/mol. The van der Waals surface area contributed by atoms with Crippen LogP contribution in [0.3, 0.4) is 0 Å². The van der Waals surface area contributed by atoms with E-state index in [1.165, 1.54) is 36.5 Å². The van der Waals surface area contributed by atoms with Crippen LogP contribution in [-0.4, -0.2) is 41.1 Å². The fourth-order valence-electron chi connectivity index (χ4n) is 4.53. The number of sulfonamides is 1. The summed E-state index contributed by atoms with van der Waals surface area (Å²) in [5.74, 6) is -0.792. The molecule has 4 heterocycles. The first kappa shape index (κ1) is 26.0. The molecule has 7 nitrogen and oxygen atoms in total. The molecule has 0 N–H and O–H groups in total. The van der Waals surface area contributed by atoms with Crippen molar-refractivity contribution in [3.05, 3.63) is 78.1 Å². The molecule has 198 valence electrons. The fraction of sp³-hybridized carbons (Fsp3) is 0.269. The maximum absolute atomic E-state index is 13.5. The molecule has 1 unspecified atom stereocenters. The lowest BCUT2D eigenvalue weighted by molar-refractivity contribution is -0.141. The van der Waals surface area contributed by atoms with Crippen molar-refractivity contribution in [2.45, 2.75) is 43.0 Å². The van der Waals surface area contributed by atoms with Crippen molar-refractivity contribution in [2.75, 3.05) is 6.54 Å². The first-order valence-corrected chi connectivity index (χ1v) is 13.2. The van der Waals surface area contributed by atoms with Gasteiger partial charge < -0.3 is 4.42 Å². The van der Waals surface area contributed by atoms with Gasteiger partial charge in [0.15, 0.2) is 5.78 Å². The number of carbonyl (C=O) groups is 1. The Bertz CT molecular complexity index is 1600. The summed E-state index contributed by atoms with van der Waals surface area (Å²) in [7, 11) is -4.12. The zero-order chi connectivity index (χ0) is 27.1. The van der Waals surface area contributed by atoms with Crippen LogP contribution in [0.15, 0.2) is 70.6 Å². The van der Waals surface area contributed by atoms with Crippen LogP contribution < -0.4 is 0 Å². The number of hydrogen-bond acceptors (Lipinski definition) is 6. The number of fused-ring (bicyclic) bond motifs is 1. The third-order valence-corrected chi connectivity index (χ3v) is 8.20. The molecule has 1 aliphatic rings. The van der Waals surface area contributed by atoms with Gasteiger partial charge in [0.2, 0.25) is 5.09 Å². The van der Waals surface area contributed by atoms with Gasteiger partial charge in [0.05, 0.1) is 6.04 Å². The van der Waals surface area contributed by atoms with Crippen LogP contribution in [0.25, 0.3) is 22.1 Å². The Morgan fingerprint density at radius 2 is 1.87 bits per heavy atom. The maximum atomic E-state index is 13.5. The molecule has 0 bridgehead atoms. The number of aromatic nitrogens is 2. The largest absolute Gasteiger partial charge is 0.443 e. The van der Waals surface area contributed by atoms with Gasteiger partial charge in [0.1, 0.15) is 17.1 Å². The molecule has 1 fully saturated rings. The van der Waals surface area contributed by atoms with E-state index in [0.29, 0.717) is 34.9 Å². The van der Waals surface area contributed by atoms with Gasteiger partial charge in [-0.25, -0.2) is 12.8 Å². The van der Waals surface area contributed by atoms with E-state index in [9.17, 15) is 30.8 Å². The lowest BCUT2D eigenvalue weighted by Gasteiger charge is -2.21. The molecule has 4 aromatic rings. The Morgan fingerprint density at radius 3 is 2.61 bits per heavy atom. The summed E-state index contributed by atoms with van der Waals surface area (Å²) in [6, 6.07) is 7.98. The van der Waals surface area contributed by atoms with Crippen LogP contribution in [0, 0.1) is 5.82 Å². The minimum atomic E-state index is -4.54. The Hall–Kier alpha value is -3.64. The average molecular weight is 548 g/mol. The van der Waals surface area contributed by atoms with Gasteiger partial charge in [0.25, 0.3) is 10.0 Å². The number of carbonyl (C=O) groups excluding carboxylic acids is 1. The second kappa shape index (κ2) is 9.91. The summed E-state index contributed by atoms with van der Waals surface area (Å²) in [4.78, 5) is 20.7. The van der Waals surface area contributed by atoms with Crippen molar-refractivity contribution in [1.82, 2.24) is 14.3 Å². The molecule has 0 spiro atoms. The summed E-state index contributed by atoms with van der Waals surface area (Å²) in [6.45, 7) is 0.155. The third-order valence-electron chi connectivity index (χ3n) is 6.44. The molecule has 0 radical (unpaired) electrons. The molecule has 3 aromatic heterocycles. The van der Waals surface area contributed by atoms with Gasteiger partial charge >= 0.3 is 6.18 Å². The first-order chi connectivity index (χ1) is 18.0. The van der Waals surface area contributed by atoms with Crippen molar-refractivity contribution in [2.24, 2.45) is 0 Å². The van der Waals surface area contributed by atoms with Crippen molar-refractivity contribution in [3.63, 3.8) is 0 Å². The minimum Gasteiger partial charge on any atom is -0.443 e. The summed E-state index contributed by atoms with van der Waals surface area (Å²) in [5.41, 5.74) is 0.881. The molecule has 0 aliphatic carbocycles. The Balaban J connectivity index is 1.28. The summed E-state index contributed by atoms with van der Waals surface area (Å²) in [5, 5.41) is -0.0406. The molecule has 38 heavy (non-hydrogen) atoms. The lowest BCUT2D eigenvalue weighted by atomic mass is 10.0. The molecule has 12 heteroatoms. The van der Waals surface area contributed by atoms with Crippen molar-refractivity contribution in [1.29, 1.82) is 0 Å². The number of furan rings is 1. The van der Waals surface area contributed by atoms with Gasteiger partial charge in [-0.1, -0.05) is 6.07 Å². The number of aryl methyl sites for hydroxylation is 1. The number of benzene rings is 1. The van der Waals surface area contributed by atoms with Crippen LogP contribution in [0.5, 0.6) is 0 Å². The van der Waals surface area contributed by atoms with Gasteiger partial charge in [-0.05, 0) is 55.2 Å². The number of rotatable bonds is 7. The molecule has 5 rings (SSSR count). The standard InChI is InChI=1S/C26H21F4N3O4S/c27-20-5-7-23-18(11-20)12-25(37-23)38(35,36)33-9-1-2-21(33)22(34)6-3-16-10-19(14-31-13-16)17-4-8-24(32-15-17)26(28,29)30/h4-5,7-8,10-15,21H,1-3,6,9H2. The maximum Gasteiger partial charge on any atom is 0.433 e. The number of Topliss-reactive ketones (excluding diaryl/α,β-unsaturated/α-hetero) is 1. The zero-order valence-electron chi connectivity index (χ0n) is 19.8. The quantitative estimate of drug-likeness (QED) is 0.288. The zero-order valence-corrected chi connectivity index (χ0v) is 20.6. The molecule has 0 amide bonds. The molecule has 0 saturated carbocycles.